The Balaban J connectivity index is 1.83. The molecule has 0 saturated heterocycles. The summed E-state index contributed by atoms with van der Waals surface area (Å²) in [7, 11) is 1.87. The molecule has 1 atom stereocenters. The van der Waals surface area contributed by atoms with Gasteiger partial charge in [-0.05, 0) is 12.5 Å². The van der Waals surface area contributed by atoms with Crippen molar-refractivity contribution < 1.29 is 4.74 Å². The Bertz CT molecular complexity index is 629. The molecule has 0 fully saturated rings. The van der Waals surface area contributed by atoms with Gasteiger partial charge in [-0.3, -0.25) is 0 Å². The number of ether oxygens (including phenoxy) is 1. The highest BCUT2D eigenvalue weighted by molar-refractivity contribution is 5.51. The van der Waals surface area contributed by atoms with E-state index in [9.17, 15) is 0 Å². The van der Waals surface area contributed by atoms with Crippen LogP contribution in [0.4, 0.5) is 11.6 Å². The van der Waals surface area contributed by atoms with Gasteiger partial charge in [-0.1, -0.05) is 25.1 Å². The molecule has 1 aromatic heterocycles. The fraction of sp³-hybridized carbons (Fsp3) is 0.375. The van der Waals surface area contributed by atoms with Crippen LogP contribution in [0, 0.1) is 0 Å². The molecule has 1 aliphatic rings. The van der Waals surface area contributed by atoms with Crippen molar-refractivity contribution in [3.8, 4) is 5.75 Å². The fourth-order valence-electron chi connectivity index (χ4n) is 2.50. The lowest BCUT2D eigenvalue weighted by molar-refractivity contribution is 0.339. The summed E-state index contributed by atoms with van der Waals surface area (Å²) in [5, 5.41) is 6.54. The molecule has 5 nitrogen and oxygen atoms in total. The van der Waals surface area contributed by atoms with Crippen LogP contribution in [-0.2, 0) is 6.42 Å². The third kappa shape index (κ3) is 2.91. The van der Waals surface area contributed by atoms with Gasteiger partial charge >= 0.3 is 0 Å². The third-order valence-corrected chi connectivity index (χ3v) is 3.52. The maximum Gasteiger partial charge on any atom is 0.133 e. The molecule has 2 aromatic rings. The Morgan fingerprint density at radius 2 is 2.05 bits per heavy atom. The Morgan fingerprint density at radius 3 is 2.86 bits per heavy atom. The average molecular weight is 284 g/mol. The largest absolute Gasteiger partial charge is 0.491 e. The monoisotopic (exact) mass is 284 g/mol. The molecule has 3 rings (SSSR count). The van der Waals surface area contributed by atoms with E-state index in [4.69, 9.17) is 4.74 Å². The predicted octanol–water partition coefficient (Wildman–Crippen LogP) is 3.02. The first-order chi connectivity index (χ1) is 10.3. The maximum atomic E-state index is 5.70. The van der Waals surface area contributed by atoms with Crippen LogP contribution in [-0.4, -0.2) is 23.6 Å². The molecule has 0 saturated carbocycles. The van der Waals surface area contributed by atoms with Crippen LogP contribution in [0.1, 0.15) is 30.8 Å². The fourth-order valence-corrected chi connectivity index (χ4v) is 2.50. The van der Waals surface area contributed by atoms with Gasteiger partial charge in [-0.15, -0.1) is 0 Å². The lowest BCUT2D eigenvalue weighted by Gasteiger charge is -2.14. The smallest absolute Gasteiger partial charge is 0.133 e. The molecule has 0 radical (unpaired) electrons. The molecule has 1 unspecified atom stereocenters. The standard InChI is InChI=1S/C16H20N4O/c1-3-6-14-19-15(17-2)9-16(20-14)18-12-10-21-13-8-5-4-7-11(12)13/h4-5,7-9,12H,3,6,10H2,1-2H3,(H2,17,18,19,20). The molecule has 1 aliphatic heterocycles. The number of fused-ring (bicyclic) bond motifs is 1. The second kappa shape index (κ2) is 5.99. The Morgan fingerprint density at radius 1 is 1.24 bits per heavy atom. The molecule has 0 amide bonds. The number of benzene rings is 1. The zero-order valence-electron chi connectivity index (χ0n) is 12.4. The van der Waals surface area contributed by atoms with Crippen LogP contribution in [0.3, 0.4) is 0 Å². The minimum Gasteiger partial charge on any atom is -0.491 e. The van der Waals surface area contributed by atoms with Crippen molar-refractivity contribution in [2.24, 2.45) is 0 Å². The summed E-state index contributed by atoms with van der Waals surface area (Å²) in [5.41, 5.74) is 1.18. The van der Waals surface area contributed by atoms with Crippen LogP contribution < -0.4 is 15.4 Å². The minimum atomic E-state index is 0.135. The number of nitrogens with one attached hydrogen (secondary N) is 2. The molecule has 1 aromatic carbocycles. The molecule has 0 bridgehead atoms. The Kier molecular flexibility index (Phi) is 3.90. The molecular formula is C16H20N4O. The van der Waals surface area contributed by atoms with E-state index in [0.29, 0.717) is 6.61 Å². The van der Waals surface area contributed by atoms with Gasteiger partial charge in [-0.25, -0.2) is 9.97 Å². The first-order valence-electron chi connectivity index (χ1n) is 7.34. The zero-order valence-corrected chi connectivity index (χ0v) is 12.4. The summed E-state index contributed by atoms with van der Waals surface area (Å²) in [6.45, 7) is 2.75. The molecule has 0 spiro atoms. The number of aromatic nitrogens is 2. The van der Waals surface area contributed by atoms with Gasteiger partial charge < -0.3 is 15.4 Å². The maximum absolute atomic E-state index is 5.70. The van der Waals surface area contributed by atoms with Crippen molar-refractivity contribution in [1.29, 1.82) is 0 Å². The van der Waals surface area contributed by atoms with E-state index in [0.717, 1.165) is 36.1 Å². The Hall–Kier alpha value is -2.30. The summed E-state index contributed by atoms with van der Waals surface area (Å²) in [5.74, 6) is 3.48. The SMILES string of the molecule is CCCc1nc(NC)cc(NC2COc3ccccc32)n1. The average Bonchev–Trinajstić information content (AvgIpc) is 2.91. The number of hydrogen-bond acceptors (Lipinski definition) is 5. The van der Waals surface area contributed by atoms with Gasteiger partial charge in [0.1, 0.15) is 29.8 Å². The molecule has 2 heterocycles. The molecule has 110 valence electrons. The molecule has 5 heteroatoms. The lowest BCUT2D eigenvalue weighted by atomic mass is 10.1. The number of para-hydroxylation sites is 1. The number of rotatable bonds is 5. The van der Waals surface area contributed by atoms with Gasteiger partial charge in [-0.2, -0.15) is 0 Å². The van der Waals surface area contributed by atoms with E-state index in [1.54, 1.807) is 0 Å². The summed E-state index contributed by atoms with van der Waals surface area (Å²) < 4.78 is 5.70. The molecule has 21 heavy (non-hydrogen) atoms. The molecule has 2 N–H and O–H groups in total. The highest BCUT2D eigenvalue weighted by atomic mass is 16.5. The molecular weight excluding hydrogens is 264 g/mol. The first-order valence-corrected chi connectivity index (χ1v) is 7.34. The summed E-state index contributed by atoms with van der Waals surface area (Å²) in [4.78, 5) is 9.06. The van der Waals surface area contributed by atoms with Crippen LogP contribution in [0.5, 0.6) is 5.75 Å². The number of aryl methyl sites for hydroxylation is 1. The second-order valence-electron chi connectivity index (χ2n) is 5.10. The van der Waals surface area contributed by atoms with Crippen molar-refractivity contribution >= 4 is 11.6 Å². The van der Waals surface area contributed by atoms with E-state index in [-0.39, 0.29) is 6.04 Å². The van der Waals surface area contributed by atoms with Crippen LogP contribution in [0.2, 0.25) is 0 Å². The first kappa shape index (κ1) is 13.7. The highest BCUT2D eigenvalue weighted by Crippen LogP contribution is 2.33. The number of nitrogens with zero attached hydrogens (tertiary/aromatic N) is 2. The van der Waals surface area contributed by atoms with Crippen LogP contribution >= 0.6 is 0 Å². The third-order valence-electron chi connectivity index (χ3n) is 3.52. The molecule has 0 aliphatic carbocycles. The van der Waals surface area contributed by atoms with E-state index < -0.39 is 0 Å². The Labute approximate surface area is 124 Å². The van der Waals surface area contributed by atoms with E-state index in [1.165, 1.54) is 5.56 Å². The van der Waals surface area contributed by atoms with E-state index >= 15 is 0 Å². The second-order valence-corrected chi connectivity index (χ2v) is 5.10. The van der Waals surface area contributed by atoms with Crippen molar-refractivity contribution in [3.63, 3.8) is 0 Å². The quantitative estimate of drug-likeness (QED) is 0.884. The van der Waals surface area contributed by atoms with E-state index in [2.05, 4.69) is 33.6 Å². The number of anilines is 2. The van der Waals surface area contributed by atoms with E-state index in [1.807, 2.05) is 31.3 Å². The minimum absolute atomic E-state index is 0.135. The normalized spacial score (nSPS) is 16.2. The van der Waals surface area contributed by atoms with Crippen LogP contribution in [0.15, 0.2) is 30.3 Å². The van der Waals surface area contributed by atoms with Gasteiger partial charge in [0.2, 0.25) is 0 Å². The topological polar surface area (TPSA) is 59.1 Å². The van der Waals surface area contributed by atoms with Crippen molar-refractivity contribution in [1.82, 2.24) is 9.97 Å². The van der Waals surface area contributed by atoms with Crippen molar-refractivity contribution in [3.05, 3.63) is 41.7 Å². The predicted molar refractivity (Wildman–Crippen MR) is 83.9 cm³/mol. The van der Waals surface area contributed by atoms with Crippen LogP contribution in [0.25, 0.3) is 0 Å². The van der Waals surface area contributed by atoms with Gasteiger partial charge in [0.15, 0.2) is 0 Å². The van der Waals surface area contributed by atoms with Crippen molar-refractivity contribution in [2.45, 2.75) is 25.8 Å². The number of hydrogen-bond donors (Lipinski definition) is 2. The summed E-state index contributed by atoms with van der Waals surface area (Å²) in [6.07, 6.45) is 1.91. The zero-order chi connectivity index (χ0) is 14.7. The van der Waals surface area contributed by atoms with Crippen molar-refractivity contribution in [2.75, 3.05) is 24.3 Å². The van der Waals surface area contributed by atoms with Gasteiger partial charge in [0.05, 0.1) is 6.04 Å². The van der Waals surface area contributed by atoms with Gasteiger partial charge in [0, 0.05) is 25.1 Å². The lowest BCUT2D eigenvalue weighted by Crippen LogP contribution is -2.14. The summed E-state index contributed by atoms with van der Waals surface area (Å²) in [6, 6.07) is 10.2. The summed E-state index contributed by atoms with van der Waals surface area (Å²) >= 11 is 0. The van der Waals surface area contributed by atoms with Gasteiger partial charge in [0.25, 0.3) is 0 Å². The highest BCUT2D eigenvalue weighted by Gasteiger charge is 2.23.